The largest absolute Gasteiger partial charge is 0.493 e. The van der Waals surface area contributed by atoms with E-state index in [2.05, 4.69) is 29.8 Å². The Morgan fingerprint density at radius 2 is 1.90 bits per heavy atom. The van der Waals surface area contributed by atoms with Gasteiger partial charge in [-0.1, -0.05) is 19.9 Å². The molecule has 0 amide bonds. The Balaban J connectivity index is 1.80. The Kier molecular flexibility index (Phi) is 7.25. The van der Waals surface area contributed by atoms with E-state index in [0.717, 1.165) is 26.1 Å². The van der Waals surface area contributed by atoms with Crippen molar-refractivity contribution in [3.63, 3.8) is 0 Å². The molecule has 2 aromatic carbocycles. The number of benzene rings is 2. The zero-order valence-corrected chi connectivity index (χ0v) is 17.1. The van der Waals surface area contributed by atoms with Crippen molar-refractivity contribution in [1.82, 2.24) is 9.88 Å². The quantitative estimate of drug-likeness (QED) is 0.446. The van der Waals surface area contributed by atoms with Gasteiger partial charge in [0.2, 0.25) is 0 Å². The molecule has 29 heavy (non-hydrogen) atoms. The Morgan fingerprint density at radius 3 is 2.62 bits per heavy atom. The predicted octanol–water partition coefficient (Wildman–Crippen LogP) is 5.09. The number of hydrogen-bond acceptors (Lipinski definition) is 5. The highest BCUT2D eigenvalue weighted by molar-refractivity contribution is 5.88. The number of fused-ring (bicyclic) bond motifs is 1. The summed E-state index contributed by atoms with van der Waals surface area (Å²) in [4.78, 5) is 6.76. The second-order valence-electron chi connectivity index (χ2n) is 6.52. The molecule has 3 rings (SSSR count). The van der Waals surface area contributed by atoms with E-state index in [1.807, 2.05) is 12.1 Å². The standard InChI is InChI=1S/C23H26FN2O3/c1-4-26(5-2)13-8-14-28-23-16-19-17(15-22(23)27-3)20(11-12-25-19)29-21-10-7-6-9-18(21)24/h7,9-12,15-16H,4-5,8,13-14H2,1-3H3. The van der Waals surface area contributed by atoms with E-state index in [-0.39, 0.29) is 5.75 Å². The third-order valence-corrected chi connectivity index (χ3v) is 4.75. The van der Waals surface area contributed by atoms with Crippen LogP contribution in [0.25, 0.3) is 10.9 Å². The summed E-state index contributed by atoms with van der Waals surface area (Å²) in [5, 5.41) is 0.715. The summed E-state index contributed by atoms with van der Waals surface area (Å²) in [5.41, 5.74) is 0.685. The maximum Gasteiger partial charge on any atom is 0.166 e. The summed E-state index contributed by atoms with van der Waals surface area (Å²) in [6, 6.07) is 12.4. The molecule has 0 fully saturated rings. The van der Waals surface area contributed by atoms with Gasteiger partial charge in [0.15, 0.2) is 23.1 Å². The lowest BCUT2D eigenvalue weighted by Crippen LogP contribution is -2.25. The molecule has 0 atom stereocenters. The van der Waals surface area contributed by atoms with Crippen LogP contribution in [0.15, 0.2) is 42.6 Å². The minimum absolute atomic E-state index is 0.131. The van der Waals surface area contributed by atoms with E-state index in [1.165, 1.54) is 12.1 Å². The average molecular weight is 397 g/mol. The van der Waals surface area contributed by atoms with Crippen molar-refractivity contribution in [2.75, 3.05) is 33.4 Å². The molecule has 0 unspecified atom stereocenters. The number of pyridine rings is 1. The van der Waals surface area contributed by atoms with Gasteiger partial charge in [-0.2, -0.15) is 0 Å². The zero-order chi connectivity index (χ0) is 20.6. The maximum atomic E-state index is 13.9. The van der Waals surface area contributed by atoms with Gasteiger partial charge in [0.25, 0.3) is 0 Å². The first-order valence-electron chi connectivity index (χ1n) is 9.81. The first kappa shape index (κ1) is 20.9. The van der Waals surface area contributed by atoms with Crippen molar-refractivity contribution in [2.24, 2.45) is 0 Å². The molecule has 0 aliphatic carbocycles. The lowest BCUT2D eigenvalue weighted by molar-refractivity contribution is 0.243. The lowest BCUT2D eigenvalue weighted by Gasteiger charge is -2.18. The first-order chi connectivity index (χ1) is 14.2. The molecule has 3 aromatic rings. The van der Waals surface area contributed by atoms with E-state index in [9.17, 15) is 4.39 Å². The van der Waals surface area contributed by atoms with Crippen LogP contribution in [0.2, 0.25) is 0 Å². The van der Waals surface area contributed by atoms with Crippen LogP contribution in [0, 0.1) is 11.9 Å². The molecular formula is C23H26FN2O3. The van der Waals surface area contributed by atoms with Crippen LogP contribution < -0.4 is 14.2 Å². The van der Waals surface area contributed by atoms with E-state index >= 15 is 0 Å². The van der Waals surface area contributed by atoms with Crippen molar-refractivity contribution in [1.29, 1.82) is 0 Å². The minimum Gasteiger partial charge on any atom is -0.493 e. The third-order valence-electron chi connectivity index (χ3n) is 4.75. The topological polar surface area (TPSA) is 43.8 Å². The minimum atomic E-state index is -0.474. The van der Waals surface area contributed by atoms with Gasteiger partial charge in [0.05, 0.1) is 19.2 Å². The van der Waals surface area contributed by atoms with E-state index < -0.39 is 5.82 Å². The highest BCUT2D eigenvalue weighted by Crippen LogP contribution is 2.37. The molecule has 5 nitrogen and oxygen atoms in total. The summed E-state index contributed by atoms with van der Waals surface area (Å²) in [6.07, 6.45) is 2.55. The fourth-order valence-corrected chi connectivity index (χ4v) is 3.10. The number of nitrogens with zero attached hydrogens (tertiary/aromatic N) is 2. The lowest BCUT2D eigenvalue weighted by atomic mass is 10.1. The summed E-state index contributed by atoms with van der Waals surface area (Å²) < 4.78 is 31.2. The van der Waals surface area contributed by atoms with Crippen LogP contribution in [-0.4, -0.2) is 43.2 Å². The number of aromatic nitrogens is 1. The van der Waals surface area contributed by atoms with Gasteiger partial charge in [0.1, 0.15) is 5.75 Å². The van der Waals surface area contributed by atoms with E-state index in [4.69, 9.17) is 14.2 Å². The van der Waals surface area contributed by atoms with Crippen LogP contribution in [0.1, 0.15) is 20.3 Å². The molecule has 0 bridgehead atoms. The van der Waals surface area contributed by atoms with Gasteiger partial charge in [-0.05, 0) is 49.8 Å². The molecule has 0 N–H and O–H groups in total. The monoisotopic (exact) mass is 397 g/mol. The fourth-order valence-electron chi connectivity index (χ4n) is 3.10. The zero-order valence-electron chi connectivity index (χ0n) is 17.1. The SMILES string of the molecule is CCN(CC)CCCOc1cc2nccc(Oc3cc[c]cc3F)c2cc1OC. The van der Waals surface area contributed by atoms with Crippen LogP contribution in [0.4, 0.5) is 4.39 Å². The van der Waals surface area contributed by atoms with Crippen molar-refractivity contribution in [3.05, 3.63) is 54.5 Å². The number of methoxy groups -OCH3 is 1. The molecule has 0 saturated carbocycles. The molecule has 0 saturated heterocycles. The van der Waals surface area contributed by atoms with Crippen LogP contribution >= 0.6 is 0 Å². The summed E-state index contributed by atoms with van der Waals surface area (Å²) in [5.74, 6) is 1.36. The normalized spacial score (nSPS) is 11.1. The highest BCUT2D eigenvalue weighted by Gasteiger charge is 2.13. The predicted molar refractivity (Wildman–Crippen MR) is 112 cm³/mol. The highest BCUT2D eigenvalue weighted by atomic mass is 19.1. The molecule has 1 radical (unpaired) electrons. The van der Waals surface area contributed by atoms with Crippen molar-refractivity contribution in [3.8, 4) is 23.0 Å². The number of rotatable bonds is 10. The summed E-state index contributed by atoms with van der Waals surface area (Å²) in [7, 11) is 1.59. The maximum absolute atomic E-state index is 13.9. The molecule has 0 spiro atoms. The molecule has 6 heteroatoms. The van der Waals surface area contributed by atoms with E-state index in [1.54, 1.807) is 25.4 Å². The first-order valence-corrected chi connectivity index (χ1v) is 9.81. The molecule has 1 heterocycles. The molecule has 0 aliphatic rings. The number of halogens is 1. The van der Waals surface area contributed by atoms with Crippen LogP contribution in [0.5, 0.6) is 23.0 Å². The van der Waals surface area contributed by atoms with Gasteiger partial charge in [-0.25, -0.2) is 4.39 Å². The van der Waals surface area contributed by atoms with Crippen LogP contribution in [0.3, 0.4) is 0 Å². The van der Waals surface area contributed by atoms with Gasteiger partial charge < -0.3 is 19.1 Å². The van der Waals surface area contributed by atoms with Gasteiger partial charge >= 0.3 is 0 Å². The molecule has 1 aromatic heterocycles. The second-order valence-corrected chi connectivity index (χ2v) is 6.52. The van der Waals surface area contributed by atoms with Gasteiger partial charge in [-0.3, -0.25) is 4.98 Å². The van der Waals surface area contributed by atoms with Gasteiger partial charge in [0, 0.05) is 24.2 Å². The second kappa shape index (κ2) is 10.1. The third kappa shape index (κ3) is 5.15. The van der Waals surface area contributed by atoms with E-state index in [0.29, 0.717) is 34.8 Å². The van der Waals surface area contributed by atoms with Crippen molar-refractivity contribution >= 4 is 10.9 Å². The Labute approximate surface area is 171 Å². The average Bonchev–Trinajstić information content (AvgIpc) is 2.75. The fraction of sp³-hybridized carbons (Fsp3) is 0.348. The Bertz CT molecular complexity index is 945. The smallest absolute Gasteiger partial charge is 0.166 e. The van der Waals surface area contributed by atoms with Crippen LogP contribution in [-0.2, 0) is 0 Å². The van der Waals surface area contributed by atoms with Gasteiger partial charge in [-0.15, -0.1) is 0 Å². The molecule has 153 valence electrons. The van der Waals surface area contributed by atoms with Crippen molar-refractivity contribution < 1.29 is 18.6 Å². The summed E-state index contributed by atoms with van der Waals surface area (Å²) in [6.45, 7) is 7.94. The number of hydrogen-bond donors (Lipinski definition) is 0. The number of ether oxygens (including phenoxy) is 3. The summed E-state index contributed by atoms with van der Waals surface area (Å²) >= 11 is 0. The molecule has 0 aliphatic heterocycles. The molecular weight excluding hydrogens is 371 g/mol. The Hall–Kier alpha value is -2.86. The van der Waals surface area contributed by atoms with Crippen molar-refractivity contribution in [2.45, 2.75) is 20.3 Å². The Morgan fingerprint density at radius 1 is 1.07 bits per heavy atom.